The van der Waals surface area contributed by atoms with Crippen LogP contribution in [0.1, 0.15) is 12.0 Å². The number of nitrogens with zero attached hydrogens (tertiary/aromatic N) is 1. The summed E-state index contributed by atoms with van der Waals surface area (Å²) in [6.07, 6.45) is 1.01. The summed E-state index contributed by atoms with van der Waals surface area (Å²) in [6, 6.07) is 5.17. The van der Waals surface area contributed by atoms with Crippen molar-refractivity contribution in [1.82, 2.24) is 4.90 Å². The Labute approximate surface area is 93.8 Å². The van der Waals surface area contributed by atoms with E-state index in [-0.39, 0.29) is 16.9 Å². The zero-order valence-corrected chi connectivity index (χ0v) is 9.17. The van der Waals surface area contributed by atoms with Crippen molar-refractivity contribution < 1.29 is 4.39 Å². The van der Waals surface area contributed by atoms with Crippen molar-refractivity contribution in [3.63, 3.8) is 0 Å². The van der Waals surface area contributed by atoms with Crippen LogP contribution in [-0.2, 0) is 6.54 Å². The van der Waals surface area contributed by atoms with E-state index < -0.39 is 0 Å². The third kappa shape index (κ3) is 2.48. The second-order valence-electron chi connectivity index (χ2n) is 4.00. The van der Waals surface area contributed by atoms with Crippen molar-refractivity contribution in [2.75, 3.05) is 13.1 Å². The average Bonchev–Trinajstić information content (AvgIpc) is 2.59. The maximum Gasteiger partial charge on any atom is 0.142 e. The van der Waals surface area contributed by atoms with Crippen molar-refractivity contribution in [2.24, 2.45) is 5.73 Å². The van der Waals surface area contributed by atoms with Gasteiger partial charge in [-0.05, 0) is 18.1 Å². The lowest BCUT2D eigenvalue weighted by Crippen LogP contribution is -2.26. The molecule has 0 radical (unpaired) electrons. The minimum absolute atomic E-state index is 0.234. The van der Waals surface area contributed by atoms with Crippen LogP contribution in [0.15, 0.2) is 18.2 Å². The summed E-state index contributed by atoms with van der Waals surface area (Å²) in [5.41, 5.74) is 6.64. The number of likely N-dealkylation sites (tertiary alicyclic amines) is 1. The molecule has 1 heterocycles. The summed E-state index contributed by atoms with van der Waals surface area (Å²) in [7, 11) is 0. The van der Waals surface area contributed by atoms with E-state index >= 15 is 0 Å². The fourth-order valence-corrected chi connectivity index (χ4v) is 2.10. The Balaban J connectivity index is 2.07. The van der Waals surface area contributed by atoms with Crippen LogP contribution in [0.4, 0.5) is 4.39 Å². The quantitative estimate of drug-likeness (QED) is 0.839. The van der Waals surface area contributed by atoms with E-state index in [0.717, 1.165) is 25.1 Å². The van der Waals surface area contributed by atoms with E-state index in [1.54, 1.807) is 6.07 Å². The number of halogens is 2. The first-order valence-corrected chi connectivity index (χ1v) is 5.45. The molecule has 0 saturated carbocycles. The molecular formula is C11H14ClFN2. The van der Waals surface area contributed by atoms with Crippen molar-refractivity contribution >= 4 is 11.6 Å². The van der Waals surface area contributed by atoms with Crippen molar-refractivity contribution in [1.29, 1.82) is 0 Å². The Morgan fingerprint density at radius 3 is 3.00 bits per heavy atom. The summed E-state index contributed by atoms with van der Waals surface area (Å²) >= 11 is 5.88. The molecule has 2 rings (SSSR count). The number of nitrogens with two attached hydrogens (primary N) is 1. The molecule has 1 unspecified atom stereocenters. The van der Waals surface area contributed by atoms with Crippen LogP contribution in [0.25, 0.3) is 0 Å². The third-order valence-corrected chi connectivity index (χ3v) is 3.16. The van der Waals surface area contributed by atoms with Crippen molar-refractivity contribution in [2.45, 2.75) is 19.0 Å². The van der Waals surface area contributed by atoms with Gasteiger partial charge in [-0.2, -0.15) is 0 Å². The predicted octanol–water partition coefficient (Wildman–Crippen LogP) is 2.01. The fourth-order valence-electron chi connectivity index (χ4n) is 1.92. The van der Waals surface area contributed by atoms with Gasteiger partial charge in [0, 0.05) is 25.7 Å². The van der Waals surface area contributed by atoms with E-state index in [4.69, 9.17) is 17.3 Å². The first-order chi connectivity index (χ1) is 7.16. The maximum atomic E-state index is 13.2. The molecule has 0 aliphatic carbocycles. The molecule has 0 aromatic heterocycles. The molecule has 4 heteroatoms. The zero-order chi connectivity index (χ0) is 10.8. The van der Waals surface area contributed by atoms with Gasteiger partial charge >= 0.3 is 0 Å². The summed E-state index contributed by atoms with van der Waals surface area (Å²) in [6.45, 7) is 2.52. The normalized spacial score (nSPS) is 22.2. The number of rotatable bonds is 2. The molecule has 1 aromatic rings. The molecular weight excluding hydrogens is 215 g/mol. The molecule has 1 aliphatic heterocycles. The highest BCUT2D eigenvalue weighted by molar-refractivity contribution is 6.31. The first-order valence-electron chi connectivity index (χ1n) is 5.07. The van der Waals surface area contributed by atoms with Crippen LogP contribution in [0.2, 0.25) is 5.02 Å². The molecule has 82 valence electrons. The van der Waals surface area contributed by atoms with Crippen LogP contribution >= 0.6 is 11.6 Å². The van der Waals surface area contributed by atoms with E-state index in [1.807, 2.05) is 6.07 Å². The SMILES string of the molecule is NC1CCN(Cc2cccc(F)c2Cl)C1. The van der Waals surface area contributed by atoms with Gasteiger partial charge < -0.3 is 5.73 Å². The average molecular weight is 229 g/mol. The maximum absolute atomic E-state index is 13.2. The molecule has 1 fully saturated rings. The number of hydrogen-bond donors (Lipinski definition) is 1. The molecule has 1 saturated heterocycles. The van der Waals surface area contributed by atoms with E-state index in [9.17, 15) is 4.39 Å². The Kier molecular flexibility index (Phi) is 3.24. The molecule has 15 heavy (non-hydrogen) atoms. The molecule has 2 nitrogen and oxygen atoms in total. The molecule has 1 aliphatic rings. The summed E-state index contributed by atoms with van der Waals surface area (Å²) in [5.74, 6) is -0.349. The summed E-state index contributed by atoms with van der Waals surface area (Å²) in [4.78, 5) is 2.20. The number of benzene rings is 1. The van der Waals surface area contributed by atoms with E-state index in [1.165, 1.54) is 6.07 Å². The van der Waals surface area contributed by atoms with Crippen molar-refractivity contribution in [3.05, 3.63) is 34.6 Å². The van der Waals surface area contributed by atoms with Gasteiger partial charge in [0.05, 0.1) is 5.02 Å². The Bertz CT molecular complexity index is 356. The lowest BCUT2D eigenvalue weighted by molar-refractivity contribution is 0.326. The molecule has 0 spiro atoms. The monoisotopic (exact) mass is 228 g/mol. The Morgan fingerprint density at radius 2 is 2.33 bits per heavy atom. The van der Waals surface area contributed by atoms with Crippen molar-refractivity contribution in [3.8, 4) is 0 Å². The lowest BCUT2D eigenvalue weighted by Gasteiger charge is -2.16. The van der Waals surface area contributed by atoms with Crippen LogP contribution in [-0.4, -0.2) is 24.0 Å². The summed E-state index contributed by atoms with van der Waals surface area (Å²) < 4.78 is 13.2. The minimum atomic E-state index is -0.349. The van der Waals surface area contributed by atoms with Gasteiger partial charge in [-0.25, -0.2) is 4.39 Å². The fraction of sp³-hybridized carbons (Fsp3) is 0.455. The van der Waals surface area contributed by atoms with Crippen LogP contribution in [0, 0.1) is 5.82 Å². The molecule has 0 amide bonds. The molecule has 1 atom stereocenters. The zero-order valence-electron chi connectivity index (χ0n) is 8.42. The summed E-state index contributed by atoms with van der Waals surface area (Å²) in [5, 5.41) is 0.234. The Morgan fingerprint density at radius 1 is 1.53 bits per heavy atom. The third-order valence-electron chi connectivity index (χ3n) is 2.73. The highest BCUT2D eigenvalue weighted by Crippen LogP contribution is 2.22. The Hall–Kier alpha value is -0.640. The van der Waals surface area contributed by atoms with Gasteiger partial charge in [-0.15, -0.1) is 0 Å². The van der Waals surface area contributed by atoms with Gasteiger partial charge in [0.25, 0.3) is 0 Å². The van der Waals surface area contributed by atoms with Crippen LogP contribution < -0.4 is 5.73 Å². The topological polar surface area (TPSA) is 29.3 Å². The van der Waals surface area contributed by atoms with Gasteiger partial charge in [-0.1, -0.05) is 23.7 Å². The van der Waals surface area contributed by atoms with Crippen LogP contribution in [0.3, 0.4) is 0 Å². The van der Waals surface area contributed by atoms with E-state index in [0.29, 0.717) is 6.54 Å². The van der Waals surface area contributed by atoms with Gasteiger partial charge in [-0.3, -0.25) is 4.90 Å². The molecule has 2 N–H and O–H groups in total. The number of hydrogen-bond acceptors (Lipinski definition) is 2. The molecule has 1 aromatic carbocycles. The first kappa shape index (κ1) is 10.9. The van der Waals surface area contributed by atoms with Crippen LogP contribution in [0.5, 0.6) is 0 Å². The lowest BCUT2D eigenvalue weighted by atomic mass is 10.2. The second-order valence-corrected chi connectivity index (χ2v) is 4.37. The standard InChI is InChI=1S/C11H14ClFN2/c12-11-8(2-1-3-10(11)13)6-15-5-4-9(14)7-15/h1-3,9H,4-7,14H2. The smallest absolute Gasteiger partial charge is 0.142 e. The second kappa shape index (κ2) is 4.47. The highest BCUT2D eigenvalue weighted by atomic mass is 35.5. The predicted molar refractivity (Wildman–Crippen MR) is 59.3 cm³/mol. The highest BCUT2D eigenvalue weighted by Gasteiger charge is 2.20. The largest absolute Gasteiger partial charge is 0.326 e. The van der Waals surface area contributed by atoms with Gasteiger partial charge in [0.15, 0.2) is 0 Å². The van der Waals surface area contributed by atoms with Gasteiger partial charge in [0.1, 0.15) is 5.82 Å². The molecule has 0 bridgehead atoms. The minimum Gasteiger partial charge on any atom is -0.326 e. The van der Waals surface area contributed by atoms with E-state index in [2.05, 4.69) is 4.90 Å². The van der Waals surface area contributed by atoms with Gasteiger partial charge in [0.2, 0.25) is 0 Å².